The zero-order chi connectivity index (χ0) is 13.5. The van der Waals surface area contributed by atoms with Crippen LogP contribution in [-0.2, 0) is 9.84 Å². The molecule has 2 atom stereocenters. The third kappa shape index (κ3) is 2.83. The van der Waals surface area contributed by atoms with E-state index in [-0.39, 0.29) is 11.3 Å². The molecule has 2 unspecified atom stereocenters. The lowest BCUT2D eigenvalue weighted by Gasteiger charge is -2.26. The zero-order valence-electron chi connectivity index (χ0n) is 11.1. The maximum atomic E-state index is 11.6. The number of hydrogen-bond acceptors (Lipinski definition) is 4. The van der Waals surface area contributed by atoms with Crippen LogP contribution in [0.25, 0.3) is 0 Å². The van der Waals surface area contributed by atoms with Gasteiger partial charge < -0.3 is 5.32 Å². The highest BCUT2D eigenvalue weighted by atomic mass is 32.2. The predicted molar refractivity (Wildman–Crippen MR) is 79.6 cm³/mol. The molecule has 0 amide bonds. The zero-order valence-corrected chi connectivity index (χ0v) is 12.7. The Bertz CT molecular complexity index is 585. The minimum absolute atomic E-state index is 0.235. The van der Waals surface area contributed by atoms with Crippen molar-refractivity contribution in [2.45, 2.75) is 29.7 Å². The van der Waals surface area contributed by atoms with Crippen molar-refractivity contribution in [3.63, 3.8) is 0 Å². The third-order valence-corrected chi connectivity index (χ3v) is 7.23. The molecule has 2 heterocycles. The molecule has 1 saturated heterocycles. The molecule has 5 heteroatoms. The van der Waals surface area contributed by atoms with Gasteiger partial charge in [0.2, 0.25) is 0 Å². The lowest BCUT2D eigenvalue weighted by atomic mass is 9.97. The standard InChI is InChI=1S/C14H19NO2S2/c1-14(6-7-19(16,17)10-14)15-8-11-9-18-13-5-3-2-4-12(11)13/h2-5,11,15H,6-10H2,1H3. The highest BCUT2D eigenvalue weighted by Crippen LogP contribution is 2.39. The Balaban J connectivity index is 1.65. The summed E-state index contributed by atoms with van der Waals surface area (Å²) in [6.07, 6.45) is 0.733. The molecular formula is C14H19NO2S2. The van der Waals surface area contributed by atoms with Gasteiger partial charge in [0.25, 0.3) is 0 Å². The summed E-state index contributed by atoms with van der Waals surface area (Å²) < 4.78 is 23.2. The van der Waals surface area contributed by atoms with E-state index < -0.39 is 9.84 Å². The second-order valence-electron chi connectivity index (χ2n) is 5.83. The van der Waals surface area contributed by atoms with E-state index in [9.17, 15) is 8.42 Å². The van der Waals surface area contributed by atoms with Gasteiger partial charge in [-0.2, -0.15) is 0 Å². The van der Waals surface area contributed by atoms with Gasteiger partial charge in [0.1, 0.15) is 0 Å². The number of thioether (sulfide) groups is 1. The molecule has 3 rings (SSSR count). The van der Waals surface area contributed by atoms with E-state index in [1.54, 1.807) is 0 Å². The minimum Gasteiger partial charge on any atom is -0.310 e. The van der Waals surface area contributed by atoms with Crippen molar-refractivity contribution < 1.29 is 8.42 Å². The van der Waals surface area contributed by atoms with Crippen molar-refractivity contribution in [3.05, 3.63) is 29.8 Å². The fourth-order valence-corrected chi connectivity index (χ4v) is 6.30. The molecule has 0 radical (unpaired) electrons. The topological polar surface area (TPSA) is 46.2 Å². The SMILES string of the molecule is CC1(NCC2CSc3ccccc32)CCS(=O)(=O)C1. The first-order valence-electron chi connectivity index (χ1n) is 6.65. The van der Waals surface area contributed by atoms with Gasteiger partial charge in [-0.25, -0.2) is 8.42 Å². The molecule has 0 spiro atoms. The maximum absolute atomic E-state index is 11.6. The average Bonchev–Trinajstić information content (AvgIpc) is 2.89. The van der Waals surface area contributed by atoms with Crippen LogP contribution >= 0.6 is 11.8 Å². The Morgan fingerprint density at radius 3 is 2.95 bits per heavy atom. The number of rotatable bonds is 3. The van der Waals surface area contributed by atoms with Crippen molar-refractivity contribution in [2.75, 3.05) is 23.8 Å². The van der Waals surface area contributed by atoms with Crippen LogP contribution in [0.15, 0.2) is 29.2 Å². The van der Waals surface area contributed by atoms with Crippen molar-refractivity contribution in [3.8, 4) is 0 Å². The Hall–Kier alpha value is -0.520. The second-order valence-corrected chi connectivity index (χ2v) is 9.08. The van der Waals surface area contributed by atoms with Gasteiger partial charge in [0.15, 0.2) is 9.84 Å². The summed E-state index contributed by atoms with van der Waals surface area (Å²) in [6, 6.07) is 8.52. The van der Waals surface area contributed by atoms with Crippen LogP contribution in [0.5, 0.6) is 0 Å². The van der Waals surface area contributed by atoms with Crippen LogP contribution in [0, 0.1) is 0 Å². The van der Waals surface area contributed by atoms with Gasteiger partial charge in [0, 0.05) is 28.6 Å². The summed E-state index contributed by atoms with van der Waals surface area (Å²) >= 11 is 1.90. The molecule has 1 aromatic rings. The molecule has 0 saturated carbocycles. The van der Waals surface area contributed by atoms with E-state index >= 15 is 0 Å². The number of benzene rings is 1. The van der Waals surface area contributed by atoms with E-state index in [0.29, 0.717) is 11.7 Å². The first-order valence-corrected chi connectivity index (χ1v) is 9.45. The van der Waals surface area contributed by atoms with Gasteiger partial charge in [-0.05, 0) is 25.0 Å². The largest absolute Gasteiger partial charge is 0.310 e. The Labute approximate surface area is 119 Å². The molecule has 2 aliphatic heterocycles. The van der Waals surface area contributed by atoms with Gasteiger partial charge in [-0.15, -0.1) is 11.8 Å². The maximum Gasteiger partial charge on any atom is 0.152 e. The van der Waals surface area contributed by atoms with Gasteiger partial charge >= 0.3 is 0 Å². The molecule has 2 aliphatic rings. The molecule has 19 heavy (non-hydrogen) atoms. The molecule has 0 aromatic heterocycles. The summed E-state index contributed by atoms with van der Waals surface area (Å²) in [7, 11) is -2.83. The van der Waals surface area contributed by atoms with Crippen LogP contribution in [0.4, 0.5) is 0 Å². The lowest BCUT2D eigenvalue weighted by Crippen LogP contribution is -2.45. The second kappa shape index (κ2) is 4.79. The summed E-state index contributed by atoms with van der Waals surface area (Å²) in [5.74, 6) is 2.20. The molecule has 1 aromatic carbocycles. The molecule has 0 bridgehead atoms. The smallest absolute Gasteiger partial charge is 0.152 e. The molecule has 104 valence electrons. The third-order valence-electron chi connectivity index (χ3n) is 4.08. The van der Waals surface area contributed by atoms with E-state index in [4.69, 9.17) is 0 Å². The molecule has 1 fully saturated rings. The highest BCUT2D eigenvalue weighted by molar-refractivity contribution is 7.99. The van der Waals surface area contributed by atoms with Crippen molar-refractivity contribution in [1.82, 2.24) is 5.32 Å². The fourth-order valence-electron chi connectivity index (χ4n) is 2.92. The fraction of sp³-hybridized carbons (Fsp3) is 0.571. The average molecular weight is 297 g/mol. The summed E-state index contributed by atoms with van der Waals surface area (Å²) in [5.41, 5.74) is 1.17. The Kier molecular flexibility index (Phi) is 3.39. The normalized spacial score (nSPS) is 32.4. The van der Waals surface area contributed by atoms with Crippen LogP contribution in [0.1, 0.15) is 24.8 Å². The molecule has 0 aliphatic carbocycles. The number of fused-ring (bicyclic) bond motifs is 1. The summed E-state index contributed by atoms with van der Waals surface area (Å²) in [6.45, 7) is 2.90. The van der Waals surface area contributed by atoms with Crippen LogP contribution in [0.3, 0.4) is 0 Å². The summed E-state index contributed by atoms with van der Waals surface area (Å²) in [5, 5.41) is 3.50. The molecule has 1 N–H and O–H groups in total. The molecular weight excluding hydrogens is 278 g/mol. The van der Waals surface area contributed by atoms with Crippen molar-refractivity contribution in [2.24, 2.45) is 0 Å². The van der Waals surface area contributed by atoms with Gasteiger partial charge in [0.05, 0.1) is 11.5 Å². The van der Waals surface area contributed by atoms with E-state index in [1.807, 2.05) is 18.7 Å². The Morgan fingerprint density at radius 2 is 2.21 bits per heavy atom. The first kappa shape index (κ1) is 13.5. The first-order chi connectivity index (χ1) is 8.98. The van der Waals surface area contributed by atoms with Crippen molar-refractivity contribution >= 4 is 21.6 Å². The van der Waals surface area contributed by atoms with Gasteiger partial charge in [-0.3, -0.25) is 0 Å². The number of hydrogen-bond donors (Lipinski definition) is 1. The quantitative estimate of drug-likeness (QED) is 0.927. The highest BCUT2D eigenvalue weighted by Gasteiger charge is 2.38. The minimum atomic E-state index is -2.83. The van der Waals surface area contributed by atoms with Crippen LogP contribution < -0.4 is 5.32 Å². The van der Waals surface area contributed by atoms with E-state index in [1.165, 1.54) is 10.5 Å². The lowest BCUT2D eigenvalue weighted by molar-refractivity contribution is 0.388. The van der Waals surface area contributed by atoms with Crippen LogP contribution in [0.2, 0.25) is 0 Å². The van der Waals surface area contributed by atoms with E-state index in [2.05, 4.69) is 29.6 Å². The number of sulfone groups is 1. The number of nitrogens with one attached hydrogen (secondary N) is 1. The van der Waals surface area contributed by atoms with Gasteiger partial charge in [-0.1, -0.05) is 18.2 Å². The Morgan fingerprint density at radius 1 is 1.42 bits per heavy atom. The van der Waals surface area contributed by atoms with Crippen LogP contribution in [-0.4, -0.2) is 37.8 Å². The van der Waals surface area contributed by atoms with Crippen molar-refractivity contribution in [1.29, 1.82) is 0 Å². The molecule has 3 nitrogen and oxygen atoms in total. The predicted octanol–water partition coefficient (Wildman–Crippen LogP) is 2.04. The van der Waals surface area contributed by atoms with E-state index in [0.717, 1.165) is 18.7 Å². The monoisotopic (exact) mass is 297 g/mol. The summed E-state index contributed by atoms with van der Waals surface area (Å²) in [4.78, 5) is 1.37.